The van der Waals surface area contributed by atoms with E-state index in [4.69, 9.17) is 9.52 Å². The van der Waals surface area contributed by atoms with Gasteiger partial charge in [0.2, 0.25) is 0 Å². The number of carbonyl (C=O) groups is 2. The fourth-order valence-electron chi connectivity index (χ4n) is 1.81. The third kappa shape index (κ3) is 2.91. The lowest BCUT2D eigenvalue weighted by Gasteiger charge is -2.08. The highest BCUT2D eigenvalue weighted by atomic mass is 79.9. The van der Waals surface area contributed by atoms with E-state index in [9.17, 15) is 9.59 Å². The summed E-state index contributed by atoms with van der Waals surface area (Å²) in [4.78, 5) is 23.3. The Kier molecular flexibility index (Phi) is 4.24. The molecule has 2 rings (SSSR count). The van der Waals surface area contributed by atoms with E-state index in [-0.39, 0.29) is 17.2 Å². The zero-order chi connectivity index (χ0) is 14.7. The van der Waals surface area contributed by atoms with Crippen molar-refractivity contribution >= 4 is 33.5 Å². The minimum absolute atomic E-state index is 0.0225. The molecule has 0 aliphatic rings. The lowest BCUT2D eigenvalue weighted by Crippen LogP contribution is -2.15. The monoisotopic (exact) mass is 337 g/mol. The molecule has 1 heterocycles. The van der Waals surface area contributed by atoms with Crippen LogP contribution < -0.4 is 5.32 Å². The van der Waals surface area contributed by atoms with E-state index in [0.29, 0.717) is 22.2 Å². The predicted molar refractivity (Wildman–Crippen MR) is 77.1 cm³/mol. The number of amides is 1. The first kappa shape index (κ1) is 14.3. The Morgan fingerprint density at radius 2 is 2.05 bits per heavy atom. The lowest BCUT2D eigenvalue weighted by atomic mass is 10.1. The molecular weight excluding hydrogens is 326 g/mol. The number of anilines is 1. The summed E-state index contributed by atoms with van der Waals surface area (Å²) in [5.74, 6) is -0.929. The van der Waals surface area contributed by atoms with Crippen molar-refractivity contribution in [3.63, 3.8) is 0 Å². The number of carboxylic acid groups (broad SMARTS) is 1. The van der Waals surface area contributed by atoms with E-state index in [0.717, 1.165) is 0 Å². The fourth-order valence-corrected chi connectivity index (χ4v) is 2.17. The number of rotatable bonds is 4. The van der Waals surface area contributed by atoms with Crippen LogP contribution in [0.2, 0.25) is 0 Å². The van der Waals surface area contributed by atoms with Gasteiger partial charge in [0.15, 0.2) is 0 Å². The summed E-state index contributed by atoms with van der Waals surface area (Å²) < 4.78 is 5.81. The van der Waals surface area contributed by atoms with E-state index in [1.165, 1.54) is 18.4 Å². The number of carboxylic acids is 1. The van der Waals surface area contributed by atoms with Crippen molar-refractivity contribution in [2.45, 2.75) is 13.3 Å². The number of nitrogens with one attached hydrogen (secondary N) is 1. The zero-order valence-electron chi connectivity index (χ0n) is 10.6. The summed E-state index contributed by atoms with van der Waals surface area (Å²) in [6.07, 6.45) is 2.02. The fraction of sp³-hybridized carbons (Fsp3) is 0.143. The van der Waals surface area contributed by atoms with Crippen molar-refractivity contribution in [2.24, 2.45) is 0 Å². The predicted octanol–water partition coefficient (Wildman–Crippen LogP) is 3.56. The average Bonchev–Trinajstić information content (AvgIpc) is 2.89. The number of halogens is 1. The quantitative estimate of drug-likeness (QED) is 0.893. The Hall–Kier alpha value is -2.08. The average molecular weight is 338 g/mol. The van der Waals surface area contributed by atoms with Gasteiger partial charge in [0.05, 0.1) is 23.1 Å². The second-order valence-electron chi connectivity index (χ2n) is 4.06. The van der Waals surface area contributed by atoms with E-state index in [2.05, 4.69) is 21.2 Å². The molecule has 0 spiro atoms. The van der Waals surface area contributed by atoms with Crippen LogP contribution in [0.5, 0.6) is 0 Å². The van der Waals surface area contributed by atoms with Gasteiger partial charge >= 0.3 is 5.97 Å². The van der Waals surface area contributed by atoms with Gasteiger partial charge in [-0.05, 0) is 24.3 Å². The van der Waals surface area contributed by atoms with Crippen LogP contribution in [0.25, 0.3) is 0 Å². The van der Waals surface area contributed by atoms with Crippen molar-refractivity contribution in [3.8, 4) is 0 Å². The smallest absolute Gasteiger partial charge is 0.337 e. The van der Waals surface area contributed by atoms with Crippen LogP contribution in [0.15, 0.2) is 39.4 Å². The Morgan fingerprint density at radius 3 is 2.70 bits per heavy atom. The highest BCUT2D eigenvalue weighted by Gasteiger charge is 2.17. The van der Waals surface area contributed by atoms with Crippen LogP contribution in [0.4, 0.5) is 5.69 Å². The Labute approximate surface area is 123 Å². The number of hydrogen-bond donors (Lipinski definition) is 2. The van der Waals surface area contributed by atoms with Gasteiger partial charge in [-0.2, -0.15) is 0 Å². The molecule has 0 radical (unpaired) electrons. The number of hydrogen-bond acceptors (Lipinski definition) is 3. The van der Waals surface area contributed by atoms with Crippen molar-refractivity contribution in [1.29, 1.82) is 0 Å². The van der Waals surface area contributed by atoms with E-state index >= 15 is 0 Å². The molecule has 2 aromatic rings. The van der Waals surface area contributed by atoms with Crippen LogP contribution in [-0.2, 0) is 6.42 Å². The van der Waals surface area contributed by atoms with Crippen LogP contribution in [0.3, 0.4) is 0 Å². The minimum Gasteiger partial charge on any atom is -0.478 e. The van der Waals surface area contributed by atoms with Gasteiger partial charge in [-0.1, -0.05) is 22.9 Å². The number of aromatic carboxylic acids is 1. The number of benzene rings is 1. The number of aryl methyl sites for hydroxylation is 1. The first-order valence-corrected chi connectivity index (χ1v) is 6.72. The second kappa shape index (κ2) is 5.92. The maximum Gasteiger partial charge on any atom is 0.337 e. The molecule has 0 bridgehead atoms. The molecule has 0 fully saturated rings. The van der Waals surface area contributed by atoms with Crippen LogP contribution >= 0.6 is 15.9 Å². The van der Waals surface area contributed by atoms with Crippen LogP contribution in [0, 0.1) is 0 Å². The highest BCUT2D eigenvalue weighted by Crippen LogP contribution is 2.22. The molecule has 0 unspecified atom stereocenters. The maximum atomic E-state index is 12.1. The number of furan rings is 1. The zero-order valence-corrected chi connectivity index (χ0v) is 12.2. The molecule has 104 valence electrons. The van der Waals surface area contributed by atoms with E-state index < -0.39 is 5.97 Å². The highest BCUT2D eigenvalue weighted by molar-refractivity contribution is 9.10. The molecule has 5 nitrogen and oxygen atoms in total. The van der Waals surface area contributed by atoms with Crippen molar-refractivity contribution < 1.29 is 19.1 Å². The third-order valence-corrected chi connectivity index (χ3v) is 3.26. The molecule has 0 aliphatic heterocycles. The molecule has 6 heteroatoms. The first-order valence-electron chi connectivity index (χ1n) is 5.93. The van der Waals surface area contributed by atoms with Gasteiger partial charge in [0.1, 0.15) is 5.76 Å². The Morgan fingerprint density at radius 1 is 1.30 bits per heavy atom. The van der Waals surface area contributed by atoms with Gasteiger partial charge in [0.25, 0.3) is 5.91 Å². The molecule has 1 amide bonds. The topological polar surface area (TPSA) is 79.5 Å². The summed E-state index contributed by atoms with van der Waals surface area (Å²) in [6.45, 7) is 1.87. The molecule has 2 N–H and O–H groups in total. The molecule has 0 saturated heterocycles. The molecule has 1 aromatic heterocycles. The van der Waals surface area contributed by atoms with Crippen LogP contribution in [0.1, 0.15) is 33.4 Å². The Bertz CT molecular complexity index is 663. The summed E-state index contributed by atoms with van der Waals surface area (Å²) in [5.41, 5.74) is 0.676. The van der Waals surface area contributed by atoms with Gasteiger partial charge in [0, 0.05) is 10.9 Å². The second-order valence-corrected chi connectivity index (χ2v) is 4.98. The summed E-state index contributed by atoms with van der Waals surface area (Å²) in [6, 6.07) is 6.21. The molecular formula is C14H12BrNO4. The van der Waals surface area contributed by atoms with Gasteiger partial charge in [-0.25, -0.2) is 4.79 Å². The van der Waals surface area contributed by atoms with E-state index in [1.807, 2.05) is 6.92 Å². The lowest BCUT2D eigenvalue weighted by molar-refractivity contribution is 0.0698. The summed E-state index contributed by atoms with van der Waals surface area (Å²) >= 11 is 3.20. The molecule has 20 heavy (non-hydrogen) atoms. The van der Waals surface area contributed by atoms with Crippen molar-refractivity contribution in [1.82, 2.24) is 0 Å². The van der Waals surface area contributed by atoms with Crippen LogP contribution in [-0.4, -0.2) is 17.0 Å². The summed E-state index contributed by atoms with van der Waals surface area (Å²) in [7, 11) is 0. The first-order chi connectivity index (χ1) is 9.52. The summed E-state index contributed by atoms with van der Waals surface area (Å²) in [5, 5.41) is 11.7. The SMILES string of the molecule is CCc1occc1C(=O)Nc1ccc(Br)cc1C(=O)O. The molecule has 0 aliphatic carbocycles. The standard InChI is InChI=1S/C14H12BrNO4/c1-2-12-9(5-6-20-12)13(17)16-11-4-3-8(15)7-10(11)14(18)19/h3-7H,2H2,1H3,(H,16,17)(H,18,19). The maximum absolute atomic E-state index is 12.1. The van der Waals surface area contributed by atoms with Gasteiger partial charge in [-0.15, -0.1) is 0 Å². The minimum atomic E-state index is -1.11. The molecule has 1 aromatic carbocycles. The van der Waals surface area contributed by atoms with Gasteiger partial charge < -0.3 is 14.8 Å². The third-order valence-electron chi connectivity index (χ3n) is 2.77. The molecule has 0 saturated carbocycles. The molecule has 0 atom stereocenters. The van der Waals surface area contributed by atoms with Gasteiger partial charge in [-0.3, -0.25) is 4.79 Å². The largest absolute Gasteiger partial charge is 0.478 e. The number of carbonyl (C=O) groups excluding carboxylic acids is 1. The van der Waals surface area contributed by atoms with Crippen molar-refractivity contribution in [2.75, 3.05) is 5.32 Å². The van der Waals surface area contributed by atoms with Crippen molar-refractivity contribution in [3.05, 3.63) is 51.9 Å². The van der Waals surface area contributed by atoms with E-state index in [1.54, 1.807) is 12.1 Å². The normalized spacial score (nSPS) is 10.3. The Balaban J connectivity index is 2.31.